The van der Waals surface area contributed by atoms with Crippen molar-refractivity contribution in [3.63, 3.8) is 0 Å². The van der Waals surface area contributed by atoms with Crippen LogP contribution in [0.25, 0.3) is 0 Å². The summed E-state index contributed by atoms with van der Waals surface area (Å²) in [6.45, 7) is 24.4. The van der Waals surface area contributed by atoms with Gasteiger partial charge in [0, 0.05) is 39.9 Å². The number of aliphatic hydroxyl groups excluding tert-OH is 1. The van der Waals surface area contributed by atoms with E-state index in [1.54, 1.807) is 13.8 Å². The van der Waals surface area contributed by atoms with E-state index in [2.05, 4.69) is 48.5 Å². The molecule has 6 heterocycles. The summed E-state index contributed by atoms with van der Waals surface area (Å²) in [5.74, 6) is -2.20. The van der Waals surface area contributed by atoms with Crippen LogP contribution in [0.4, 0.5) is 0 Å². The van der Waals surface area contributed by atoms with Gasteiger partial charge in [-0.05, 0) is 176 Å². The van der Waals surface area contributed by atoms with Gasteiger partial charge in [0.1, 0.15) is 6.10 Å². The van der Waals surface area contributed by atoms with E-state index in [0.29, 0.717) is 56.0 Å². The Hall–Kier alpha value is 0.940. The van der Waals surface area contributed by atoms with Crippen molar-refractivity contribution >= 4 is 20.8 Å². The monoisotopic (exact) mass is 1130 g/mol. The molecule has 0 aromatic rings. The Balaban J connectivity index is 0.00000336. The minimum atomic E-state index is -5.08. The molecule has 0 aromatic heterocycles. The fraction of sp³-hybridized carbons (Fsp3) is 0.931. The first-order chi connectivity index (χ1) is 34.6. The first kappa shape index (κ1) is 61.0. The second-order valence-electron chi connectivity index (χ2n) is 29.7. The maximum atomic E-state index is 12.5. The van der Waals surface area contributed by atoms with E-state index in [0.717, 1.165) is 77.0 Å². The summed E-state index contributed by atoms with van der Waals surface area (Å²) in [4.78, 5) is 0. The minimum Gasteiger partial charge on any atom is -0.726 e. The average Bonchev–Trinajstić information content (AvgIpc) is 4.03. The van der Waals surface area contributed by atoms with E-state index < -0.39 is 83.9 Å². The van der Waals surface area contributed by atoms with E-state index >= 15 is 0 Å². The fourth-order valence-corrected chi connectivity index (χ4v) is 23.4. The van der Waals surface area contributed by atoms with Crippen molar-refractivity contribution in [2.45, 2.75) is 239 Å². The van der Waals surface area contributed by atoms with Gasteiger partial charge in [0.15, 0.2) is 11.6 Å². The maximum absolute atomic E-state index is 12.5. The summed E-state index contributed by atoms with van der Waals surface area (Å²) in [6, 6.07) is 0. The van der Waals surface area contributed by atoms with Gasteiger partial charge in [-0.25, -0.2) is 16.8 Å². The van der Waals surface area contributed by atoms with Gasteiger partial charge in [-0.2, -0.15) is 0 Å². The molecule has 10 fully saturated rings. The van der Waals surface area contributed by atoms with Gasteiger partial charge in [0.25, 0.3) is 0 Å². The van der Waals surface area contributed by atoms with Crippen LogP contribution in [-0.2, 0) is 48.1 Å². The molecule has 0 aromatic carbocycles. The van der Waals surface area contributed by atoms with E-state index in [9.17, 15) is 41.3 Å². The molecule has 6 bridgehead atoms. The zero-order valence-electron chi connectivity index (χ0n) is 48.6. The molecule has 8 aliphatic carbocycles. The molecule has 424 valence electrons. The molecule has 21 atom stereocenters. The molecule has 77 heavy (non-hydrogen) atoms. The third kappa shape index (κ3) is 8.69. The molecule has 19 heteroatoms. The Morgan fingerprint density at radius 3 is 1.77 bits per heavy atom. The van der Waals surface area contributed by atoms with Gasteiger partial charge in [0.05, 0.1) is 48.8 Å². The van der Waals surface area contributed by atoms with Crippen LogP contribution in [0.15, 0.2) is 22.3 Å². The van der Waals surface area contributed by atoms with Gasteiger partial charge in [-0.3, -0.25) is 8.37 Å². The molecule has 2 spiro atoms. The van der Waals surface area contributed by atoms with Crippen molar-refractivity contribution in [2.75, 3.05) is 13.2 Å². The van der Waals surface area contributed by atoms with E-state index in [1.165, 1.54) is 22.3 Å². The quantitative estimate of drug-likeness (QED) is 0.124. The second-order valence-corrected chi connectivity index (χ2v) is 31.7. The van der Waals surface area contributed by atoms with Crippen molar-refractivity contribution < 1.29 is 128 Å². The normalized spacial score (nSPS) is 50.4. The molecule has 0 radical (unpaired) electrons. The Morgan fingerprint density at radius 1 is 0.688 bits per heavy atom. The molecule has 6 aliphatic heterocycles. The SMILES string of the molecule is C[C@@H]([C@H]1CC[C@H]2C3=C(CC[C@]12C)[C@]12CC[C@](O)(OC1)C(C)(C)[C@@H]2[C@@H](OS(=O)(=O)[O-])C3)[C@H]1C[C@@H]2C[C@@](C)(OC2(C)C)[C@H](CC[C@@H](C)[C@H]2CC[C@H]3C4=C(CC[C@]23C)[C@@]23CO[C@@](O)([C@@H](O)C2)C(C)(C)[C@@H]3[C@@H](OS(=O)(=O)[O-])C4)O1.[Na+].[Na+]. The van der Waals surface area contributed by atoms with Crippen molar-refractivity contribution in [3.05, 3.63) is 22.3 Å². The zero-order chi connectivity index (χ0) is 54.1. The molecule has 4 saturated carbocycles. The summed E-state index contributed by atoms with van der Waals surface area (Å²) in [7, 11) is -10.1. The molecule has 14 aliphatic rings. The van der Waals surface area contributed by atoms with Crippen LogP contribution in [0.5, 0.6) is 0 Å². The second kappa shape index (κ2) is 19.2. The number of fused-ring (bicyclic) bond motifs is 10. The summed E-state index contributed by atoms with van der Waals surface area (Å²) < 4.78 is 113. The summed E-state index contributed by atoms with van der Waals surface area (Å²) >= 11 is 0. The number of hydrogen-bond donors (Lipinski definition) is 3. The molecular formula is C58H88Na2O15S2. The van der Waals surface area contributed by atoms with Crippen molar-refractivity contribution in [1.29, 1.82) is 0 Å². The van der Waals surface area contributed by atoms with Gasteiger partial charge >= 0.3 is 59.1 Å². The molecule has 6 saturated heterocycles. The van der Waals surface area contributed by atoms with Gasteiger partial charge in [-0.15, -0.1) is 0 Å². The first-order valence-electron chi connectivity index (χ1n) is 29.1. The number of ether oxygens (including phenoxy) is 4. The fourth-order valence-electron chi connectivity index (χ4n) is 22.4. The van der Waals surface area contributed by atoms with Crippen molar-refractivity contribution in [1.82, 2.24) is 0 Å². The first-order valence-corrected chi connectivity index (χ1v) is 31.8. The maximum Gasteiger partial charge on any atom is 1.00 e. The minimum absolute atomic E-state index is 0. The number of aliphatic hydroxyl groups is 3. The number of hydrogen-bond acceptors (Lipinski definition) is 15. The van der Waals surface area contributed by atoms with Gasteiger partial charge in [0.2, 0.25) is 20.8 Å². The van der Waals surface area contributed by atoms with Crippen LogP contribution < -0.4 is 59.1 Å². The predicted molar refractivity (Wildman–Crippen MR) is 273 cm³/mol. The largest absolute Gasteiger partial charge is 1.00 e. The van der Waals surface area contributed by atoms with Crippen LogP contribution in [0, 0.1) is 85.8 Å². The molecule has 14 rings (SSSR count). The van der Waals surface area contributed by atoms with E-state index in [4.69, 9.17) is 27.3 Å². The van der Waals surface area contributed by atoms with Crippen LogP contribution in [0.2, 0.25) is 0 Å². The van der Waals surface area contributed by atoms with Gasteiger partial charge in [-0.1, -0.05) is 77.7 Å². The van der Waals surface area contributed by atoms with Crippen LogP contribution in [0.1, 0.15) is 185 Å². The Morgan fingerprint density at radius 2 is 1.22 bits per heavy atom. The van der Waals surface area contributed by atoms with Crippen LogP contribution in [0.3, 0.4) is 0 Å². The molecular weight excluding hydrogens is 1050 g/mol. The standard InChI is InChI=1S/C58H90O15S2.2Na/c1-31(36-13-15-38-35-26-44(72-75(65,66)67)48-50(5,6)58(61)45(59)28-56(48,30-69-58)41(35)19-20-52(36,38)9)12-17-46-54(11)27-33(51(7,8)73-54)24-42(70-46)32(2)37-14-16-39-34-25-43(71-74(62,63)64)47-49(3,4)57(60)23-22-55(47,29-68-57)40(34)18-21-53(37,39)10;;/h31-33,36-39,42-48,59-61H,12-30H2,1-11H3,(H,62,63,64)(H,65,66,67);;/q;2*+1/p-2/t31-,32+,33-,36-,37-,38+,39+,42-,43+,44+,45+,46+,47+,48+,52-,53-,54-,55+,56+,57+,58+;;/m1../s1. The molecule has 0 unspecified atom stereocenters. The third-order valence-corrected chi connectivity index (χ3v) is 26.7. The molecule has 3 N–H and O–H groups in total. The predicted octanol–water partition coefficient (Wildman–Crippen LogP) is 2.78. The smallest absolute Gasteiger partial charge is 0.726 e. The molecule has 15 nitrogen and oxygen atoms in total. The number of rotatable bonds is 10. The summed E-state index contributed by atoms with van der Waals surface area (Å²) in [5.41, 5.74) is 0.936. The summed E-state index contributed by atoms with van der Waals surface area (Å²) in [6.07, 6.45) is 10.2. The van der Waals surface area contributed by atoms with E-state index in [-0.39, 0.29) is 124 Å². The molecule has 0 amide bonds. The van der Waals surface area contributed by atoms with Crippen LogP contribution >= 0.6 is 0 Å². The van der Waals surface area contributed by atoms with Gasteiger partial charge < -0.3 is 43.4 Å². The van der Waals surface area contributed by atoms with Crippen molar-refractivity contribution in [3.8, 4) is 0 Å². The third-order valence-electron chi connectivity index (χ3n) is 25.7. The van der Waals surface area contributed by atoms with Crippen molar-refractivity contribution in [2.24, 2.45) is 85.8 Å². The zero-order valence-corrected chi connectivity index (χ0v) is 54.2. The topological polar surface area (TPSA) is 230 Å². The average molecular weight is 1140 g/mol. The summed E-state index contributed by atoms with van der Waals surface area (Å²) in [5, 5.41) is 35.0. The van der Waals surface area contributed by atoms with E-state index in [1.807, 2.05) is 13.8 Å². The Labute approximate surface area is 504 Å². The van der Waals surface area contributed by atoms with Crippen LogP contribution in [-0.4, -0.2) is 108 Å². The Kier molecular flexibility index (Phi) is 15.2. The Bertz CT molecular complexity index is 2670.